The van der Waals surface area contributed by atoms with Crippen molar-refractivity contribution in [3.05, 3.63) is 114 Å². The van der Waals surface area contributed by atoms with E-state index in [9.17, 15) is 9.59 Å². The summed E-state index contributed by atoms with van der Waals surface area (Å²) in [5.41, 5.74) is 2.71. The van der Waals surface area contributed by atoms with Crippen LogP contribution in [0, 0.1) is 0 Å². The average Bonchev–Trinajstić information content (AvgIpc) is 2.90. The number of amides is 1. The molecule has 0 saturated carbocycles. The third-order valence-electron chi connectivity index (χ3n) is 5.79. The van der Waals surface area contributed by atoms with Gasteiger partial charge in [0, 0.05) is 17.8 Å². The van der Waals surface area contributed by atoms with E-state index in [1.807, 2.05) is 66.7 Å². The van der Waals surface area contributed by atoms with Crippen molar-refractivity contribution in [2.24, 2.45) is 0 Å². The lowest BCUT2D eigenvalue weighted by Gasteiger charge is -2.19. The van der Waals surface area contributed by atoms with E-state index in [0.29, 0.717) is 17.9 Å². The van der Waals surface area contributed by atoms with Gasteiger partial charge in [0.1, 0.15) is 11.3 Å². The number of esters is 1. The maximum atomic E-state index is 12.6. The Bertz CT molecular complexity index is 1220. The Kier molecular flexibility index (Phi) is 7.56. The van der Waals surface area contributed by atoms with E-state index in [4.69, 9.17) is 9.47 Å². The molecule has 1 N–H and O–H groups in total. The van der Waals surface area contributed by atoms with E-state index in [1.54, 1.807) is 6.07 Å². The fraction of sp³-hybridized carbons (Fsp3) is 0.172. The van der Waals surface area contributed by atoms with E-state index in [1.165, 1.54) is 18.2 Å². The summed E-state index contributed by atoms with van der Waals surface area (Å²) in [6, 6.07) is 31.6. The highest BCUT2D eigenvalue weighted by Gasteiger charge is 2.18. The van der Waals surface area contributed by atoms with Crippen LogP contribution in [0.2, 0.25) is 0 Å². The standard InChI is InChI=1S/C29H27NO4/c1-33-29(32)26-17-16-23-14-8-9-15-25(23)28(26)34-20-27(31)30-19-18-24(21-10-4-2-5-11-21)22-12-6-3-7-13-22/h2-17,24H,18-20H2,1H3,(H,30,31). The molecule has 0 aliphatic rings. The summed E-state index contributed by atoms with van der Waals surface area (Å²) in [5, 5.41) is 4.63. The van der Waals surface area contributed by atoms with Gasteiger partial charge in [0.15, 0.2) is 6.61 Å². The molecule has 0 radical (unpaired) electrons. The summed E-state index contributed by atoms with van der Waals surface area (Å²) in [4.78, 5) is 24.8. The van der Waals surface area contributed by atoms with Gasteiger partial charge in [-0.1, -0.05) is 91.0 Å². The largest absolute Gasteiger partial charge is 0.482 e. The second-order valence-electron chi connectivity index (χ2n) is 7.96. The molecule has 4 aromatic carbocycles. The van der Waals surface area contributed by atoms with Crippen LogP contribution in [0.4, 0.5) is 0 Å². The minimum absolute atomic E-state index is 0.174. The predicted molar refractivity (Wildman–Crippen MR) is 133 cm³/mol. The summed E-state index contributed by atoms with van der Waals surface area (Å²) in [7, 11) is 1.32. The quantitative estimate of drug-likeness (QED) is 0.347. The van der Waals surface area contributed by atoms with Crippen LogP contribution in [0.1, 0.15) is 33.8 Å². The van der Waals surface area contributed by atoms with Gasteiger partial charge >= 0.3 is 5.97 Å². The van der Waals surface area contributed by atoms with Crippen molar-refractivity contribution in [2.45, 2.75) is 12.3 Å². The molecule has 0 saturated heterocycles. The lowest BCUT2D eigenvalue weighted by Crippen LogP contribution is -2.30. The van der Waals surface area contributed by atoms with Crippen LogP contribution >= 0.6 is 0 Å². The van der Waals surface area contributed by atoms with Gasteiger partial charge in [-0.2, -0.15) is 0 Å². The fourth-order valence-corrected chi connectivity index (χ4v) is 4.11. The Hall–Kier alpha value is -4.12. The molecule has 0 aliphatic carbocycles. The first kappa shape index (κ1) is 23.1. The number of benzene rings is 4. The first-order valence-corrected chi connectivity index (χ1v) is 11.3. The Morgan fingerprint density at radius 3 is 2.06 bits per heavy atom. The van der Waals surface area contributed by atoms with Gasteiger partial charge in [0.05, 0.1) is 7.11 Å². The number of nitrogens with one attached hydrogen (secondary N) is 1. The normalized spacial score (nSPS) is 10.8. The van der Waals surface area contributed by atoms with E-state index >= 15 is 0 Å². The zero-order valence-corrected chi connectivity index (χ0v) is 19.1. The van der Waals surface area contributed by atoms with Crippen molar-refractivity contribution in [1.29, 1.82) is 0 Å². The van der Waals surface area contributed by atoms with Crippen LogP contribution in [-0.4, -0.2) is 32.1 Å². The average molecular weight is 454 g/mol. The Morgan fingerprint density at radius 1 is 0.794 bits per heavy atom. The molecule has 4 aromatic rings. The van der Waals surface area contributed by atoms with Gasteiger partial charge in [-0.25, -0.2) is 4.79 Å². The van der Waals surface area contributed by atoms with Gasteiger partial charge in [-0.05, 0) is 29.0 Å². The van der Waals surface area contributed by atoms with Crippen molar-refractivity contribution in [3.8, 4) is 5.75 Å². The van der Waals surface area contributed by atoms with Gasteiger partial charge in [0.25, 0.3) is 5.91 Å². The lowest BCUT2D eigenvalue weighted by atomic mass is 9.88. The third kappa shape index (κ3) is 5.44. The van der Waals surface area contributed by atoms with Crippen LogP contribution in [0.25, 0.3) is 10.8 Å². The monoisotopic (exact) mass is 453 g/mol. The van der Waals surface area contributed by atoms with Crippen LogP contribution in [0.15, 0.2) is 97.1 Å². The third-order valence-corrected chi connectivity index (χ3v) is 5.79. The number of rotatable bonds is 9. The summed E-state index contributed by atoms with van der Waals surface area (Å²) in [5.74, 6) is -0.225. The molecular weight excluding hydrogens is 426 g/mol. The molecule has 0 aromatic heterocycles. The molecular formula is C29H27NO4. The Balaban J connectivity index is 1.42. The first-order valence-electron chi connectivity index (χ1n) is 11.3. The summed E-state index contributed by atoms with van der Waals surface area (Å²) in [6.07, 6.45) is 0.751. The van der Waals surface area contributed by atoms with Crippen LogP contribution < -0.4 is 10.1 Å². The maximum absolute atomic E-state index is 12.6. The molecule has 0 fully saturated rings. The zero-order chi connectivity index (χ0) is 23.8. The summed E-state index contributed by atoms with van der Waals surface area (Å²) < 4.78 is 10.7. The number of carbonyl (C=O) groups is 2. The number of carbonyl (C=O) groups excluding carboxylic acids is 2. The second-order valence-corrected chi connectivity index (χ2v) is 7.96. The van der Waals surface area contributed by atoms with Crippen LogP contribution in [0.5, 0.6) is 5.75 Å². The smallest absolute Gasteiger partial charge is 0.341 e. The number of hydrogen-bond acceptors (Lipinski definition) is 4. The number of ether oxygens (including phenoxy) is 2. The zero-order valence-electron chi connectivity index (χ0n) is 19.1. The molecule has 0 heterocycles. The minimum Gasteiger partial charge on any atom is -0.482 e. The second kappa shape index (κ2) is 11.1. The van der Waals surface area contributed by atoms with Crippen molar-refractivity contribution >= 4 is 22.6 Å². The highest BCUT2D eigenvalue weighted by Crippen LogP contribution is 2.31. The molecule has 5 heteroatoms. The van der Waals surface area contributed by atoms with Crippen molar-refractivity contribution in [3.63, 3.8) is 0 Å². The van der Waals surface area contributed by atoms with Crippen LogP contribution in [0.3, 0.4) is 0 Å². The SMILES string of the molecule is COC(=O)c1ccc2ccccc2c1OCC(=O)NCCC(c1ccccc1)c1ccccc1. The number of fused-ring (bicyclic) bond motifs is 1. The molecule has 0 bridgehead atoms. The van der Waals surface area contributed by atoms with Gasteiger partial charge in [-0.15, -0.1) is 0 Å². The van der Waals surface area contributed by atoms with E-state index < -0.39 is 5.97 Å². The van der Waals surface area contributed by atoms with Gasteiger partial charge in [-0.3, -0.25) is 4.79 Å². The molecule has 0 unspecified atom stereocenters. The Labute approximate surface area is 199 Å². The van der Waals surface area contributed by atoms with Crippen molar-refractivity contribution in [1.82, 2.24) is 5.32 Å². The minimum atomic E-state index is -0.505. The predicted octanol–water partition coefficient (Wildman–Crippen LogP) is 5.34. The highest BCUT2D eigenvalue weighted by molar-refractivity contribution is 6.01. The molecule has 172 valence electrons. The lowest BCUT2D eigenvalue weighted by molar-refractivity contribution is -0.123. The van der Waals surface area contributed by atoms with Crippen LogP contribution in [-0.2, 0) is 9.53 Å². The molecule has 5 nitrogen and oxygen atoms in total. The topological polar surface area (TPSA) is 64.6 Å². The molecule has 34 heavy (non-hydrogen) atoms. The number of methoxy groups -OCH3 is 1. The summed E-state index contributed by atoms with van der Waals surface area (Å²) in [6.45, 7) is 0.301. The van der Waals surface area contributed by atoms with Gasteiger partial charge < -0.3 is 14.8 Å². The van der Waals surface area contributed by atoms with E-state index in [0.717, 1.165) is 17.2 Å². The molecule has 0 spiro atoms. The Morgan fingerprint density at radius 2 is 1.41 bits per heavy atom. The fourth-order valence-electron chi connectivity index (χ4n) is 4.11. The van der Waals surface area contributed by atoms with E-state index in [-0.39, 0.29) is 18.4 Å². The number of hydrogen-bond donors (Lipinski definition) is 1. The van der Waals surface area contributed by atoms with E-state index in [2.05, 4.69) is 29.6 Å². The molecule has 4 rings (SSSR count). The summed E-state index contributed by atoms with van der Waals surface area (Å²) >= 11 is 0. The molecule has 0 atom stereocenters. The van der Waals surface area contributed by atoms with Crippen molar-refractivity contribution < 1.29 is 19.1 Å². The maximum Gasteiger partial charge on any atom is 0.341 e. The van der Waals surface area contributed by atoms with Gasteiger partial charge in [0.2, 0.25) is 0 Å². The molecule has 0 aliphatic heterocycles. The van der Waals surface area contributed by atoms with Crippen molar-refractivity contribution in [2.75, 3.05) is 20.3 Å². The molecule has 1 amide bonds. The highest BCUT2D eigenvalue weighted by atomic mass is 16.5. The first-order chi connectivity index (χ1) is 16.7.